The molecule has 1 aliphatic carbocycles. The molecular formula is C15H17BrN4OS. The smallest absolute Gasteiger partial charge is 0.210 e. The van der Waals surface area contributed by atoms with E-state index in [-0.39, 0.29) is 11.0 Å². The van der Waals surface area contributed by atoms with E-state index in [0.717, 1.165) is 22.5 Å². The molecule has 0 saturated heterocycles. The highest BCUT2D eigenvalue weighted by molar-refractivity contribution is 9.10. The number of benzene rings is 1. The topological polar surface area (TPSA) is 60.7 Å². The number of thioether (sulfide) groups is 1. The van der Waals surface area contributed by atoms with Gasteiger partial charge in [0.25, 0.3) is 0 Å². The molecule has 7 heteroatoms. The molecule has 2 aromatic rings. The molecule has 0 radical (unpaired) electrons. The van der Waals surface area contributed by atoms with Crippen LogP contribution in [0.4, 0.5) is 0 Å². The third kappa shape index (κ3) is 3.41. The highest BCUT2D eigenvalue weighted by atomic mass is 79.9. The molecule has 5 nitrogen and oxygen atoms in total. The van der Waals surface area contributed by atoms with E-state index < -0.39 is 0 Å². The van der Waals surface area contributed by atoms with Gasteiger partial charge in [-0.05, 0) is 42.3 Å². The van der Waals surface area contributed by atoms with Crippen molar-refractivity contribution in [2.24, 2.45) is 0 Å². The third-order valence-electron chi connectivity index (χ3n) is 3.91. The van der Waals surface area contributed by atoms with E-state index in [1.54, 1.807) is 0 Å². The summed E-state index contributed by atoms with van der Waals surface area (Å²) in [6, 6.07) is 7.82. The molecule has 1 aromatic carbocycles. The summed E-state index contributed by atoms with van der Waals surface area (Å²) in [5, 5.41) is 12.5. The van der Waals surface area contributed by atoms with E-state index in [1.165, 1.54) is 24.6 Å². The van der Waals surface area contributed by atoms with Gasteiger partial charge in [-0.2, -0.15) is 0 Å². The maximum absolute atomic E-state index is 12.5. The van der Waals surface area contributed by atoms with Crippen molar-refractivity contribution in [2.45, 2.75) is 49.1 Å². The van der Waals surface area contributed by atoms with Crippen LogP contribution in [0.25, 0.3) is 0 Å². The van der Waals surface area contributed by atoms with Gasteiger partial charge in [-0.15, -0.1) is 5.10 Å². The number of carbonyl (C=O) groups excluding carboxylic acids is 1. The summed E-state index contributed by atoms with van der Waals surface area (Å²) in [5.41, 5.74) is 0.711. The van der Waals surface area contributed by atoms with Crippen molar-refractivity contribution in [3.05, 3.63) is 34.3 Å². The number of tetrazole rings is 1. The Morgan fingerprint density at radius 1 is 1.32 bits per heavy atom. The fraction of sp³-hybridized carbons (Fsp3) is 0.467. The number of Topliss-reactive ketones (excluding diaryl/α,β-unsaturated/α-hetero) is 1. The molecular weight excluding hydrogens is 364 g/mol. The van der Waals surface area contributed by atoms with Crippen LogP contribution in [0.2, 0.25) is 0 Å². The van der Waals surface area contributed by atoms with Gasteiger partial charge in [-0.3, -0.25) is 4.79 Å². The summed E-state index contributed by atoms with van der Waals surface area (Å²) in [4.78, 5) is 12.5. The van der Waals surface area contributed by atoms with Crippen molar-refractivity contribution >= 4 is 33.5 Å². The van der Waals surface area contributed by atoms with Crippen LogP contribution in [-0.2, 0) is 0 Å². The standard InChI is InChI=1S/C15H17BrN4OS/c1-10(14(21)11-6-8-12(16)9-7-11)22-15-17-18-19-20(15)13-4-2-3-5-13/h6-10,13H,2-5H2,1H3. The van der Waals surface area contributed by atoms with Crippen LogP contribution in [0.1, 0.15) is 49.0 Å². The monoisotopic (exact) mass is 380 g/mol. The van der Waals surface area contributed by atoms with Gasteiger partial charge < -0.3 is 0 Å². The molecule has 0 N–H and O–H groups in total. The lowest BCUT2D eigenvalue weighted by Crippen LogP contribution is -2.16. The minimum Gasteiger partial charge on any atom is -0.293 e. The molecule has 3 rings (SSSR count). The first-order chi connectivity index (χ1) is 10.6. The molecule has 0 amide bonds. The summed E-state index contributed by atoms with van der Waals surface area (Å²) in [6.07, 6.45) is 4.69. The van der Waals surface area contributed by atoms with E-state index in [0.29, 0.717) is 11.6 Å². The summed E-state index contributed by atoms with van der Waals surface area (Å²) in [7, 11) is 0. The predicted octanol–water partition coefficient (Wildman–Crippen LogP) is 3.91. The van der Waals surface area contributed by atoms with Crippen LogP contribution in [0.5, 0.6) is 0 Å². The molecule has 1 fully saturated rings. The lowest BCUT2D eigenvalue weighted by molar-refractivity contribution is 0.0994. The van der Waals surface area contributed by atoms with E-state index in [9.17, 15) is 4.79 Å². The molecule has 0 spiro atoms. The second-order valence-corrected chi connectivity index (χ2v) is 7.70. The van der Waals surface area contributed by atoms with Crippen molar-refractivity contribution in [1.29, 1.82) is 0 Å². The second kappa shape index (κ2) is 6.91. The Hall–Kier alpha value is -1.21. The molecule has 116 valence electrons. The zero-order valence-electron chi connectivity index (χ0n) is 12.3. The van der Waals surface area contributed by atoms with Crippen molar-refractivity contribution in [3.63, 3.8) is 0 Å². The summed E-state index contributed by atoms with van der Waals surface area (Å²) >= 11 is 4.82. The maximum Gasteiger partial charge on any atom is 0.210 e. The van der Waals surface area contributed by atoms with Gasteiger partial charge >= 0.3 is 0 Å². The van der Waals surface area contributed by atoms with Gasteiger partial charge in [0.15, 0.2) is 5.78 Å². The molecule has 1 unspecified atom stereocenters. The molecule has 1 atom stereocenters. The lowest BCUT2D eigenvalue weighted by atomic mass is 10.1. The van der Waals surface area contributed by atoms with Crippen molar-refractivity contribution in [1.82, 2.24) is 20.2 Å². The van der Waals surface area contributed by atoms with Crippen LogP contribution in [0.15, 0.2) is 33.9 Å². The zero-order valence-corrected chi connectivity index (χ0v) is 14.7. The molecule has 0 aliphatic heterocycles. The first-order valence-electron chi connectivity index (χ1n) is 7.39. The second-order valence-electron chi connectivity index (χ2n) is 5.48. The first kappa shape index (κ1) is 15.7. The molecule has 22 heavy (non-hydrogen) atoms. The van der Waals surface area contributed by atoms with E-state index in [2.05, 4.69) is 31.5 Å². The zero-order chi connectivity index (χ0) is 15.5. The number of aromatic nitrogens is 4. The molecule has 1 aliphatic rings. The predicted molar refractivity (Wildman–Crippen MR) is 89.1 cm³/mol. The molecule has 1 heterocycles. The highest BCUT2D eigenvalue weighted by Crippen LogP contribution is 2.33. The van der Waals surface area contributed by atoms with Crippen LogP contribution >= 0.6 is 27.7 Å². The quantitative estimate of drug-likeness (QED) is 0.581. The van der Waals surface area contributed by atoms with Crippen LogP contribution in [0, 0.1) is 0 Å². The first-order valence-corrected chi connectivity index (χ1v) is 9.06. The van der Waals surface area contributed by atoms with Gasteiger partial charge in [0.2, 0.25) is 5.16 Å². The number of hydrogen-bond acceptors (Lipinski definition) is 5. The van der Waals surface area contributed by atoms with Crippen LogP contribution in [-0.4, -0.2) is 31.2 Å². The summed E-state index contributed by atoms with van der Waals surface area (Å²) < 4.78 is 2.86. The Labute approximate surface area is 142 Å². The Kier molecular flexibility index (Phi) is 4.93. The molecule has 0 bridgehead atoms. The van der Waals surface area contributed by atoms with Gasteiger partial charge in [0.05, 0.1) is 11.3 Å². The van der Waals surface area contributed by atoms with Crippen molar-refractivity contribution in [3.8, 4) is 0 Å². The van der Waals surface area contributed by atoms with Gasteiger partial charge in [0, 0.05) is 10.0 Å². The summed E-state index contributed by atoms with van der Waals surface area (Å²) in [5.74, 6) is 0.0958. The average Bonchev–Trinajstić information content (AvgIpc) is 3.18. The Balaban J connectivity index is 1.71. The van der Waals surface area contributed by atoms with E-state index >= 15 is 0 Å². The number of carbonyl (C=O) groups is 1. The minimum atomic E-state index is -0.215. The van der Waals surface area contributed by atoms with Gasteiger partial charge in [-0.25, -0.2) is 4.68 Å². The third-order valence-corrected chi connectivity index (χ3v) is 5.49. The normalized spacial score (nSPS) is 16.8. The largest absolute Gasteiger partial charge is 0.293 e. The Bertz CT molecular complexity index is 652. The number of halogens is 1. The van der Waals surface area contributed by atoms with Gasteiger partial charge in [0.1, 0.15) is 0 Å². The van der Waals surface area contributed by atoms with Crippen LogP contribution < -0.4 is 0 Å². The number of ketones is 1. The SMILES string of the molecule is CC(Sc1nnnn1C1CCCC1)C(=O)c1ccc(Br)cc1. The number of hydrogen-bond donors (Lipinski definition) is 0. The van der Waals surface area contributed by atoms with E-state index in [4.69, 9.17) is 0 Å². The maximum atomic E-state index is 12.5. The fourth-order valence-corrected chi connectivity index (χ4v) is 3.90. The fourth-order valence-electron chi connectivity index (χ4n) is 2.70. The number of nitrogens with zero attached hydrogens (tertiary/aromatic N) is 4. The van der Waals surface area contributed by atoms with E-state index in [1.807, 2.05) is 35.9 Å². The average molecular weight is 381 g/mol. The lowest BCUT2D eigenvalue weighted by Gasteiger charge is -2.13. The minimum absolute atomic E-state index is 0.0958. The molecule has 1 saturated carbocycles. The Morgan fingerprint density at radius 3 is 2.68 bits per heavy atom. The van der Waals surface area contributed by atoms with Gasteiger partial charge in [-0.1, -0.05) is 52.7 Å². The van der Waals surface area contributed by atoms with Crippen molar-refractivity contribution < 1.29 is 4.79 Å². The van der Waals surface area contributed by atoms with Crippen LogP contribution in [0.3, 0.4) is 0 Å². The number of rotatable bonds is 5. The summed E-state index contributed by atoms with van der Waals surface area (Å²) in [6.45, 7) is 1.91. The Morgan fingerprint density at radius 2 is 2.00 bits per heavy atom. The molecule has 1 aromatic heterocycles. The van der Waals surface area contributed by atoms with Crippen molar-refractivity contribution in [2.75, 3.05) is 0 Å². The highest BCUT2D eigenvalue weighted by Gasteiger charge is 2.25.